The van der Waals surface area contributed by atoms with Crippen LogP contribution in [0.25, 0.3) is 0 Å². The SMILES string of the molecule is CCOC(=O)C1=C(N)OC2=C(C(=O)CC(C)(C)C2)[C@@H]1c1cccc(Cl)c1. The average molecular weight is 376 g/mol. The van der Waals surface area contributed by atoms with Crippen molar-refractivity contribution in [1.29, 1.82) is 0 Å². The number of Topliss-reactive ketones (excluding diaryl/α,β-unsaturated/α-hetero) is 1. The summed E-state index contributed by atoms with van der Waals surface area (Å²) in [4.78, 5) is 25.5. The number of ether oxygens (including phenoxy) is 2. The van der Waals surface area contributed by atoms with E-state index in [9.17, 15) is 9.59 Å². The van der Waals surface area contributed by atoms with Gasteiger partial charge in [0.15, 0.2) is 5.78 Å². The number of carbonyl (C=O) groups excluding carboxylic acids is 2. The highest BCUT2D eigenvalue weighted by Crippen LogP contribution is 2.48. The van der Waals surface area contributed by atoms with Gasteiger partial charge in [0, 0.05) is 23.4 Å². The molecule has 1 aromatic rings. The van der Waals surface area contributed by atoms with Gasteiger partial charge in [-0.05, 0) is 30.0 Å². The summed E-state index contributed by atoms with van der Waals surface area (Å²) in [7, 11) is 0. The van der Waals surface area contributed by atoms with Crippen LogP contribution in [0, 0.1) is 5.41 Å². The standard InChI is InChI=1S/C20H22ClNO4/c1-4-25-19(24)17-15(11-6-5-7-12(21)8-11)16-13(23)9-20(2,3)10-14(16)26-18(17)22/h5-8,15H,4,9-10,22H2,1-3H3/t15-/m0/s1. The molecular weight excluding hydrogens is 354 g/mol. The Morgan fingerprint density at radius 3 is 2.77 bits per heavy atom. The van der Waals surface area contributed by atoms with Gasteiger partial charge in [0.25, 0.3) is 0 Å². The van der Waals surface area contributed by atoms with E-state index in [-0.39, 0.29) is 29.3 Å². The Bertz CT molecular complexity index is 838. The number of halogens is 1. The lowest BCUT2D eigenvalue weighted by atomic mass is 9.70. The molecule has 0 amide bonds. The van der Waals surface area contributed by atoms with Crippen molar-refractivity contribution in [1.82, 2.24) is 0 Å². The zero-order valence-corrected chi connectivity index (χ0v) is 15.9. The minimum absolute atomic E-state index is 0.0160. The molecule has 0 saturated carbocycles. The summed E-state index contributed by atoms with van der Waals surface area (Å²) in [6.07, 6.45) is 0.949. The molecule has 1 aromatic carbocycles. The fourth-order valence-electron chi connectivity index (χ4n) is 3.61. The molecule has 1 aliphatic carbocycles. The van der Waals surface area contributed by atoms with Gasteiger partial charge in [-0.1, -0.05) is 37.6 Å². The van der Waals surface area contributed by atoms with Crippen molar-refractivity contribution < 1.29 is 19.1 Å². The lowest BCUT2D eigenvalue weighted by molar-refractivity contribution is -0.139. The van der Waals surface area contributed by atoms with Crippen LogP contribution in [0.3, 0.4) is 0 Å². The Morgan fingerprint density at radius 2 is 2.12 bits per heavy atom. The highest BCUT2D eigenvalue weighted by Gasteiger charge is 2.45. The molecule has 0 bridgehead atoms. The van der Waals surface area contributed by atoms with Crippen LogP contribution in [-0.4, -0.2) is 18.4 Å². The summed E-state index contributed by atoms with van der Waals surface area (Å²) in [5, 5.41) is 0.515. The third-order valence-electron chi connectivity index (χ3n) is 4.63. The molecule has 0 fully saturated rings. The van der Waals surface area contributed by atoms with Gasteiger partial charge in [-0.25, -0.2) is 4.79 Å². The van der Waals surface area contributed by atoms with E-state index < -0.39 is 11.9 Å². The first-order chi connectivity index (χ1) is 12.2. The molecule has 1 atom stereocenters. The summed E-state index contributed by atoms with van der Waals surface area (Å²) in [5.74, 6) is -0.755. The Kier molecular flexibility index (Phi) is 4.84. The first-order valence-electron chi connectivity index (χ1n) is 8.60. The molecule has 0 unspecified atom stereocenters. The molecule has 0 radical (unpaired) electrons. The predicted molar refractivity (Wildman–Crippen MR) is 98.2 cm³/mol. The van der Waals surface area contributed by atoms with E-state index in [0.29, 0.717) is 34.8 Å². The Morgan fingerprint density at radius 1 is 1.38 bits per heavy atom. The van der Waals surface area contributed by atoms with Crippen LogP contribution in [0.4, 0.5) is 0 Å². The molecule has 138 valence electrons. The summed E-state index contributed by atoms with van der Waals surface area (Å²) in [6, 6.07) is 7.08. The van der Waals surface area contributed by atoms with E-state index in [1.54, 1.807) is 25.1 Å². The number of ketones is 1. The molecule has 26 heavy (non-hydrogen) atoms. The van der Waals surface area contributed by atoms with Gasteiger partial charge < -0.3 is 15.2 Å². The van der Waals surface area contributed by atoms with Crippen molar-refractivity contribution in [2.45, 2.75) is 39.5 Å². The summed E-state index contributed by atoms with van der Waals surface area (Å²) >= 11 is 6.15. The molecule has 6 heteroatoms. The molecule has 2 aliphatic rings. The van der Waals surface area contributed by atoms with Gasteiger partial charge in [0.1, 0.15) is 11.3 Å². The van der Waals surface area contributed by atoms with Crippen molar-refractivity contribution in [3.63, 3.8) is 0 Å². The van der Waals surface area contributed by atoms with Crippen LogP contribution < -0.4 is 5.73 Å². The summed E-state index contributed by atoms with van der Waals surface area (Å²) in [5.41, 5.74) is 7.21. The maximum absolute atomic E-state index is 13.0. The van der Waals surface area contributed by atoms with Crippen molar-refractivity contribution in [2.75, 3.05) is 6.61 Å². The highest BCUT2D eigenvalue weighted by molar-refractivity contribution is 6.30. The second-order valence-electron chi connectivity index (χ2n) is 7.37. The normalized spacial score (nSPS) is 22.0. The smallest absolute Gasteiger partial charge is 0.340 e. The molecule has 0 aromatic heterocycles. The highest BCUT2D eigenvalue weighted by atomic mass is 35.5. The number of hydrogen-bond donors (Lipinski definition) is 1. The van der Waals surface area contributed by atoms with E-state index in [1.165, 1.54) is 0 Å². The van der Waals surface area contributed by atoms with Crippen molar-refractivity contribution in [3.8, 4) is 0 Å². The number of hydrogen-bond acceptors (Lipinski definition) is 5. The number of carbonyl (C=O) groups is 2. The third-order valence-corrected chi connectivity index (χ3v) is 4.87. The monoisotopic (exact) mass is 375 g/mol. The predicted octanol–water partition coefficient (Wildman–Crippen LogP) is 3.83. The van der Waals surface area contributed by atoms with Crippen LogP contribution in [-0.2, 0) is 19.1 Å². The molecule has 1 aliphatic heterocycles. The largest absolute Gasteiger partial charge is 0.462 e. The van der Waals surface area contributed by atoms with Gasteiger partial charge in [-0.3, -0.25) is 4.79 Å². The molecule has 5 nitrogen and oxygen atoms in total. The Hall–Kier alpha value is -2.27. The fourth-order valence-corrected chi connectivity index (χ4v) is 3.81. The molecule has 3 rings (SSSR count). The second kappa shape index (κ2) is 6.80. The Balaban J connectivity index is 2.18. The van der Waals surface area contributed by atoms with Gasteiger partial charge in [-0.15, -0.1) is 0 Å². The van der Waals surface area contributed by atoms with E-state index >= 15 is 0 Å². The number of benzene rings is 1. The lowest BCUT2D eigenvalue weighted by Crippen LogP contribution is -2.35. The molecule has 0 spiro atoms. The summed E-state index contributed by atoms with van der Waals surface area (Å²) < 4.78 is 10.9. The topological polar surface area (TPSA) is 78.6 Å². The van der Waals surface area contributed by atoms with Crippen LogP contribution in [0.2, 0.25) is 5.02 Å². The fraction of sp³-hybridized carbons (Fsp3) is 0.400. The number of rotatable bonds is 3. The van der Waals surface area contributed by atoms with Crippen LogP contribution >= 0.6 is 11.6 Å². The van der Waals surface area contributed by atoms with Crippen LogP contribution in [0.15, 0.2) is 47.1 Å². The average Bonchev–Trinajstić information content (AvgIpc) is 2.52. The van der Waals surface area contributed by atoms with E-state index in [4.69, 9.17) is 26.8 Å². The molecular formula is C20H22ClNO4. The first-order valence-corrected chi connectivity index (χ1v) is 8.97. The maximum Gasteiger partial charge on any atom is 0.340 e. The van der Waals surface area contributed by atoms with E-state index in [2.05, 4.69) is 0 Å². The lowest BCUT2D eigenvalue weighted by Gasteiger charge is -2.38. The van der Waals surface area contributed by atoms with Gasteiger partial charge in [-0.2, -0.15) is 0 Å². The van der Waals surface area contributed by atoms with E-state index in [0.717, 1.165) is 0 Å². The number of allylic oxidation sites excluding steroid dienone is 2. The van der Waals surface area contributed by atoms with Gasteiger partial charge in [0.2, 0.25) is 5.88 Å². The Labute approximate surface area is 157 Å². The van der Waals surface area contributed by atoms with Gasteiger partial charge in [0.05, 0.1) is 12.5 Å². The van der Waals surface area contributed by atoms with Crippen molar-refractivity contribution in [2.24, 2.45) is 11.1 Å². The number of nitrogens with two attached hydrogens (primary N) is 1. The third kappa shape index (κ3) is 3.36. The van der Waals surface area contributed by atoms with Gasteiger partial charge >= 0.3 is 5.97 Å². The van der Waals surface area contributed by atoms with Crippen molar-refractivity contribution >= 4 is 23.4 Å². The number of esters is 1. The quantitative estimate of drug-likeness (QED) is 0.812. The summed E-state index contributed by atoms with van der Waals surface area (Å²) in [6.45, 7) is 5.93. The first kappa shape index (κ1) is 18.5. The second-order valence-corrected chi connectivity index (χ2v) is 7.80. The maximum atomic E-state index is 13.0. The van der Waals surface area contributed by atoms with E-state index in [1.807, 2.05) is 19.9 Å². The van der Waals surface area contributed by atoms with Crippen LogP contribution in [0.1, 0.15) is 45.1 Å². The molecule has 2 N–H and O–H groups in total. The zero-order chi connectivity index (χ0) is 19.1. The zero-order valence-electron chi connectivity index (χ0n) is 15.1. The molecule has 1 heterocycles. The van der Waals surface area contributed by atoms with Crippen LogP contribution in [0.5, 0.6) is 0 Å². The molecule has 0 saturated heterocycles. The minimum atomic E-state index is -0.639. The van der Waals surface area contributed by atoms with Crippen molar-refractivity contribution in [3.05, 3.63) is 57.6 Å². The minimum Gasteiger partial charge on any atom is -0.462 e.